The Kier molecular flexibility index (Phi) is 6.93. The van der Waals surface area contributed by atoms with Crippen molar-refractivity contribution in [2.24, 2.45) is 0 Å². The number of rotatable bonds is 8. The number of hydrogen-bond acceptors (Lipinski definition) is 6. The van der Waals surface area contributed by atoms with Crippen molar-refractivity contribution in [3.05, 3.63) is 55.0 Å². The number of aromatic nitrogens is 6. The molecule has 12 heteroatoms. The van der Waals surface area contributed by atoms with E-state index in [0.717, 1.165) is 26.2 Å². The number of aryl methyl sites for hydroxylation is 1. The van der Waals surface area contributed by atoms with Gasteiger partial charge in [-0.1, -0.05) is 37.3 Å². The molecule has 0 radical (unpaired) electrons. The van der Waals surface area contributed by atoms with E-state index in [2.05, 4.69) is 62.7 Å². The fourth-order valence-electron chi connectivity index (χ4n) is 3.18. The molecule has 0 fully saturated rings. The number of nitrogens with one attached hydrogen (secondary N) is 1. The van der Waals surface area contributed by atoms with Crippen molar-refractivity contribution in [1.29, 1.82) is 0 Å². The van der Waals surface area contributed by atoms with E-state index in [1.54, 1.807) is 6.07 Å². The minimum absolute atomic E-state index is 0.286. The lowest BCUT2D eigenvalue weighted by Crippen LogP contribution is -2.22. The minimum atomic E-state index is -1.21. The van der Waals surface area contributed by atoms with Crippen molar-refractivity contribution >= 4 is 53.3 Å². The first-order valence-electron chi connectivity index (χ1n) is 10.3. The van der Waals surface area contributed by atoms with E-state index >= 15 is 0 Å². The second-order valence-electron chi connectivity index (χ2n) is 8.89. The molecule has 9 nitrogen and oxygen atoms in total. The maximum absolute atomic E-state index is 12.0. The standard InChI is InChI=1S/C21H24ClIN6O3Si/c1-13-5-6-14(9-18(13)29-20(30)25-26-27-29)32-21-24-17-11-16(23)15(22)10-19(17)28(21)12-31-7-8-33(2,3)4/h5-6,9-11H,7-8,12H2,1-4H3,(H,25,27,30). The van der Waals surface area contributed by atoms with Crippen molar-refractivity contribution in [1.82, 2.24) is 29.8 Å². The molecule has 0 spiro atoms. The third-order valence-electron chi connectivity index (χ3n) is 5.06. The lowest BCUT2D eigenvalue weighted by atomic mass is 10.2. The third kappa shape index (κ3) is 5.48. The van der Waals surface area contributed by atoms with E-state index in [1.165, 1.54) is 4.68 Å². The predicted molar refractivity (Wildman–Crippen MR) is 138 cm³/mol. The molecule has 0 atom stereocenters. The number of hydrogen-bond donors (Lipinski definition) is 1. The van der Waals surface area contributed by atoms with Crippen molar-refractivity contribution in [2.75, 3.05) is 6.61 Å². The molecule has 33 heavy (non-hydrogen) atoms. The molecule has 1 N–H and O–H groups in total. The van der Waals surface area contributed by atoms with E-state index in [4.69, 9.17) is 21.1 Å². The van der Waals surface area contributed by atoms with Crippen LogP contribution in [0.3, 0.4) is 0 Å². The van der Waals surface area contributed by atoms with E-state index in [1.807, 2.05) is 35.8 Å². The van der Waals surface area contributed by atoms with E-state index in [0.29, 0.717) is 29.1 Å². The van der Waals surface area contributed by atoms with E-state index < -0.39 is 13.8 Å². The summed E-state index contributed by atoms with van der Waals surface area (Å²) in [5, 5.41) is 10.3. The molecule has 2 heterocycles. The molecule has 0 aliphatic carbocycles. The molecule has 0 amide bonds. The number of aromatic amines is 1. The summed E-state index contributed by atoms with van der Waals surface area (Å²) in [7, 11) is -1.21. The Labute approximate surface area is 210 Å². The van der Waals surface area contributed by atoms with Crippen LogP contribution in [0.2, 0.25) is 30.7 Å². The summed E-state index contributed by atoms with van der Waals surface area (Å²) in [5.74, 6) is 0.505. The monoisotopic (exact) mass is 598 g/mol. The highest BCUT2D eigenvalue weighted by Gasteiger charge is 2.18. The number of tetrazole rings is 1. The molecule has 0 aliphatic rings. The van der Waals surface area contributed by atoms with Crippen molar-refractivity contribution in [2.45, 2.75) is 39.3 Å². The van der Waals surface area contributed by atoms with Gasteiger partial charge in [-0.25, -0.2) is 9.89 Å². The number of benzene rings is 2. The Morgan fingerprint density at radius 3 is 2.70 bits per heavy atom. The molecule has 0 bridgehead atoms. The zero-order valence-electron chi connectivity index (χ0n) is 18.7. The van der Waals surface area contributed by atoms with Crippen molar-refractivity contribution in [3.8, 4) is 17.4 Å². The van der Waals surface area contributed by atoms with Gasteiger partial charge in [0.25, 0.3) is 0 Å². The number of fused-ring (bicyclic) bond motifs is 1. The Hall–Kier alpha value is -2.22. The van der Waals surface area contributed by atoms with Gasteiger partial charge in [0, 0.05) is 24.3 Å². The summed E-state index contributed by atoms with van der Waals surface area (Å²) in [6.07, 6.45) is 0. The average Bonchev–Trinajstić information content (AvgIpc) is 3.30. The summed E-state index contributed by atoms with van der Waals surface area (Å²) < 4.78 is 16.1. The quantitative estimate of drug-likeness (QED) is 0.175. The molecule has 4 aromatic rings. The van der Waals surface area contributed by atoms with Gasteiger partial charge in [0.1, 0.15) is 12.5 Å². The fourth-order valence-corrected chi connectivity index (χ4v) is 4.54. The van der Waals surface area contributed by atoms with Gasteiger partial charge < -0.3 is 9.47 Å². The highest BCUT2D eigenvalue weighted by Crippen LogP contribution is 2.31. The SMILES string of the molecule is Cc1ccc(Oc2nc3cc(I)c(Cl)cc3n2COCC[Si](C)(C)C)cc1-n1nn[nH]c1=O. The molecule has 2 aromatic carbocycles. The zero-order valence-corrected chi connectivity index (χ0v) is 22.6. The van der Waals surface area contributed by atoms with Crippen molar-refractivity contribution in [3.63, 3.8) is 0 Å². The molecule has 0 aliphatic heterocycles. The van der Waals surface area contributed by atoms with Gasteiger partial charge in [0.05, 0.1) is 21.7 Å². The van der Waals surface area contributed by atoms with Gasteiger partial charge >= 0.3 is 11.7 Å². The molecule has 174 valence electrons. The predicted octanol–water partition coefficient (Wildman–Crippen LogP) is 4.98. The molecular formula is C21H24ClIN6O3Si. The van der Waals surface area contributed by atoms with Crippen LogP contribution in [0.1, 0.15) is 5.56 Å². The Balaban J connectivity index is 1.68. The summed E-state index contributed by atoms with van der Waals surface area (Å²) in [4.78, 5) is 16.7. The summed E-state index contributed by atoms with van der Waals surface area (Å²) >= 11 is 8.57. The molecule has 0 unspecified atom stereocenters. The Morgan fingerprint density at radius 2 is 2.00 bits per heavy atom. The number of nitrogens with zero attached hydrogens (tertiary/aromatic N) is 5. The molecule has 2 aromatic heterocycles. The number of halogens is 2. The number of ether oxygens (including phenoxy) is 2. The van der Waals surface area contributed by atoms with Gasteiger partial charge in [-0.3, -0.25) is 4.57 Å². The largest absolute Gasteiger partial charge is 0.425 e. The summed E-state index contributed by atoms with van der Waals surface area (Å²) in [6, 6.07) is 10.6. The molecule has 4 rings (SSSR count). The fraction of sp³-hybridized carbons (Fsp3) is 0.333. The Bertz CT molecular complexity index is 1360. The second kappa shape index (κ2) is 9.56. The number of imidazole rings is 1. The van der Waals surface area contributed by atoms with Crippen LogP contribution >= 0.6 is 34.2 Å². The molecule has 0 saturated carbocycles. The maximum Gasteiger partial charge on any atom is 0.365 e. The first-order valence-corrected chi connectivity index (χ1v) is 15.5. The van der Waals surface area contributed by atoms with Crippen LogP contribution in [0.4, 0.5) is 0 Å². The van der Waals surface area contributed by atoms with Gasteiger partial charge in [-0.05, 0) is 69.7 Å². The molecule has 0 saturated heterocycles. The lowest BCUT2D eigenvalue weighted by molar-refractivity contribution is 0.0850. The normalized spacial score (nSPS) is 11.9. The van der Waals surface area contributed by atoms with E-state index in [9.17, 15) is 4.79 Å². The molecular weight excluding hydrogens is 575 g/mol. The van der Waals surface area contributed by atoms with Crippen LogP contribution in [0.25, 0.3) is 16.7 Å². The van der Waals surface area contributed by atoms with Crippen molar-refractivity contribution < 1.29 is 9.47 Å². The first-order chi connectivity index (χ1) is 15.6. The van der Waals surface area contributed by atoms with Gasteiger partial charge in [0.2, 0.25) is 0 Å². The second-order valence-corrected chi connectivity index (χ2v) is 16.1. The third-order valence-corrected chi connectivity index (χ3v) is 8.29. The zero-order chi connectivity index (χ0) is 23.8. The van der Waals surface area contributed by atoms with Crippen LogP contribution in [-0.4, -0.2) is 44.4 Å². The topological polar surface area (TPSA) is 99.8 Å². The number of H-pyrrole nitrogens is 1. The summed E-state index contributed by atoms with van der Waals surface area (Å²) in [6.45, 7) is 9.77. The minimum Gasteiger partial charge on any atom is -0.425 e. The highest BCUT2D eigenvalue weighted by atomic mass is 127. The Morgan fingerprint density at radius 1 is 1.21 bits per heavy atom. The average molecular weight is 599 g/mol. The highest BCUT2D eigenvalue weighted by molar-refractivity contribution is 14.1. The van der Waals surface area contributed by atoms with Crippen LogP contribution in [0, 0.1) is 10.5 Å². The lowest BCUT2D eigenvalue weighted by Gasteiger charge is -2.16. The first kappa shape index (κ1) is 23.9. The van der Waals surface area contributed by atoms with Crippen LogP contribution < -0.4 is 10.4 Å². The smallest absolute Gasteiger partial charge is 0.365 e. The van der Waals surface area contributed by atoms with E-state index in [-0.39, 0.29) is 6.73 Å². The van der Waals surface area contributed by atoms with Gasteiger partial charge in [-0.2, -0.15) is 9.67 Å². The maximum atomic E-state index is 12.0. The van der Waals surface area contributed by atoms with Crippen LogP contribution in [-0.2, 0) is 11.5 Å². The summed E-state index contributed by atoms with van der Waals surface area (Å²) in [5.41, 5.74) is 2.57. The van der Waals surface area contributed by atoms with Crippen LogP contribution in [0.5, 0.6) is 11.8 Å². The van der Waals surface area contributed by atoms with Gasteiger partial charge in [-0.15, -0.1) is 0 Å². The van der Waals surface area contributed by atoms with Gasteiger partial charge in [0.15, 0.2) is 0 Å². The van der Waals surface area contributed by atoms with Crippen LogP contribution in [0.15, 0.2) is 35.1 Å².